The van der Waals surface area contributed by atoms with Crippen molar-refractivity contribution in [1.29, 1.82) is 0 Å². The monoisotopic (exact) mass is 506 g/mol. The molecule has 4 aromatic heterocycles. The molecule has 5 heterocycles. The number of amides is 1. The average Bonchev–Trinajstić information content (AvgIpc) is 3.64. The molecule has 1 aliphatic heterocycles. The van der Waals surface area contributed by atoms with Crippen molar-refractivity contribution in [3.05, 3.63) is 83.4 Å². The molecule has 1 aliphatic rings. The number of fused-ring (bicyclic) bond motifs is 2. The highest BCUT2D eigenvalue weighted by atomic mass is 16.5. The van der Waals surface area contributed by atoms with Crippen molar-refractivity contribution >= 4 is 28.9 Å². The van der Waals surface area contributed by atoms with Gasteiger partial charge in [-0.15, -0.1) is 0 Å². The molecule has 6 rings (SSSR count). The summed E-state index contributed by atoms with van der Waals surface area (Å²) in [7, 11) is 1.47. The molecule has 5 aromatic rings. The number of rotatable bonds is 6. The third-order valence-electron chi connectivity index (χ3n) is 6.79. The zero-order chi connectivity index (χ0) is 26.2. The molecule has 188 valence electrons. The first-order chi connectivity index (χ1) is 18.6. The summed E-state index contributed by atoms with van der Waals surface area (Å²) in [6.07, 6.45) is 5.98. The Hall–Kier alpha value is -5.12. The van der Waals surface area contributed by atoms with Crippen LogP contribution in [0.4, 0.5) is 0 Å². The van der Waals surface area contributed by atoms with Crippen LogP contribution < -0.4 is 4.74 Å². The van der Waals surface area contributed by atoms with Gasteiger partial charge in [-0.25, -0.2) is 4.98 Å². The van der Waals surface area contributed by atoms with Crippen LogP contribution in [0.5, 0.6) is 5.75 Å². The van der Waals surface area contributed by atoms with E-state index in [9.17, 15) is 14.4 Å². The number of ketones is 1. The molecule has 1 aromatic carbocycles. The van der Waals surface area contributed by atoms with Gasteiger partial charge in [0.2, 0.25) is 0 Å². The topological polar surface area (TPSA) is 134 Å². The lowest BCUT2D eigenvalue weighted by molar-refractivity contribution is -0.127. The molecule has 0 radical (unpaired) electrons. The van der Waals surface area contributed by atoms with E-state index in [-0.39, 0.29) is 5.56 Å². The van der Waals surface area contributed by atoms with Crippen LogP contribution >= 0.6 is 0 Å². The number of nitrogens with zero attached hydrogens (tertiary/aromatic N) is 4. The van der Waals surface area contributed by atoms with Gasteiger partial charge in [0.15, 0.2) is 6.29 Å². The number of nitrogens with one attached hydrogen (secondary N) is 2. The number of H-pyrrole nitrogens is 2. The molecule has 0 fully saturated rings. The van der Waals surface area contributed by atoms with Gasteiger partial charge in [-0.2, -0.15) is 5.10 Å². The summed E-state index contributed by atoms with van der Waals surface area (Å²) in [5, 5.41) is 7.19. The fraction of sp³-hybridized carbons (Fsp3) is 0.143. The summed E-state index contributed by atoms with van der Waals surface area (Å²) in [6, 6.07) is 13.3. The van der Waals surface area contributed by atoms with Crippen molar-refractivity contribution in [3.63, 3.8) is 0 Å². The highest BCUT2D eigenvalue weighted by Crippen LogP contribution is 2.35. The summed E-state index contributed by atoms with van der Waals surface area (Å²) in [4.78, 5) is 51.5. The van der Waals surface area contributed by atoms with Crippen LogP contribution in [0.1, 0.15) is 32.0 Å². The normalized spacial score (nSPS) is 12.8. The lowest BCUT2D eigenvalue weighted by Crippen LogP contribution is -2.40. The van der Waals surface area contributed by atoms with E-state index in [1.807, 2.05) is 36.4 Å². The first kappa shape index (κ1) is 23.3. The Morgan fingerprint density at radius 3 is 2.76 bits per heavy atom. The van der Waals surface area contributed by atoms with Crippen molar-refractivity contribution in [2.24, 2.45) is 0 Å². The molecule has 1 amide bonds. The first-order valence-corrected chi connectivity index (χ1v) is 12.0. The molecule has 2 N–H and O–H groups in total. The Kier molecular flexibility index (Phi) is 5.76. The van der Waals surface area contributed by atoms with Gasteiger partial charge in [0.25, 0.3) is 11.7 Å². The van der Waals surface area contributed by atoms with Crippen LogP contribution in [0.15, 0.2) is 61.1 Å². The third kappa shape index (κ3) is 3.83. The fourth-order valence-electron chi connectivity index (χ4n) is 4.97. The number of hydrogen-bond acceptors (Lipinski definition) is 7. The van der Waals surface area contributed by atoms with E-state index in [2.05, 4.69) is 25.1 Å². The Bertz CT molecular complexity index is 1710. The first-order valence-electron chi connectivity index (χ1n) is 12.0. The smallest absolute Gasteiger partial charge is 0.295 e. The largest absolute Gasteiger partial charge is 0.494 e. The van der Waals surface area contributed by atoms with Gasteiger partial charge in [-0.1, -0.05) is 24.3 Å². The number of aldehydes is 1. The van der Waals surface area contributed by atoms with Gasteiger partial charge >= 0.3 is 0 Å². The maximum atomic E-state index is 13.5. The highest BCUT2D eigenvalue weighted by Gasteiger charge is 2.31. The van der Waals surface area contributed by atoms with Gasteiger partial charge in [0.05, 0.1) is 41.2 Å². The molecule has 0 saturated carbocycles. The molecule has 0 bridgehead atoms. The predicted octanol–water partition coefficient (Wildman–Crippen LogP) is 3.60. The minimum atomic E-state index is -0.647. The Morgan fingerprint density at radius 1 is 1.11 bits per heavy atom. The van der Waals surface area contributed by atoms with E-state index < -0.39 is 11.7 Å². The van der Waals surface area contributed by atoms with Crippen molar-refractivity contribution in [2.45, 2.75) is 13.0 Å². The molecule has 10 heteroatoms. The van der Waals surface area contributed by atoms with Gasteiger partial charge in [0, 0.05) is 31.0 Å². The molecular formula is C28H22N6O4. The van der Waals surface area contributed by atoms with E-state index in [1.54, 1.807) is 17.2 Å². The predicted molar refractivity (Wildman–Crippen MR) is 139 cm³/mol. The number of carbonyl (C=O) groups is 3. The second-order valence-electron chi connectivity index (χ2n) is 8.92. The summed E-state index contributed by atoms with van der Waals surface area (Å²) >= 11 is 0. The van der Waals surface area contributed by atoms with Crippen LogP contribution in [0.3, 0.4) is 0 Å². The van der Waals surface area contributed by atoms with Gasteiger partial charge in [-0.05, 0) is 35.7 Å². The Balaban J connectivity index is 1.32. The number of aromatic amines is 2. The lowest BCUT2D eigenvalue weighted by atomic mass is 9.92. The molecule has 0 spiro atoms. The summed E-state index contributed by atoms with van der Waals surface area (Å²) in [5.74, 6) is -0.897. The molecule has 0 aliphatic carbocycles. The number of pyridine rings is 2. The number of hydrogen-bond donors (Lipinski definition) is 2. The Morgan fingerprint density at radius 2 is 2.00 bits per heavy atom. The summed E-state index contributed by atoms with van der Waals surface area (Å²) < 4.78 is 5.47. The third-order valence-corrected chi connectivity index (χ3v) is 6.79. The average molecular weight is 507 g/mol. The SMILES string of the molecule is COc1cnc(-c2cc(C=O)[nH]n2)c2[nH]cc(C(=O)C(=O)N3CCc4c(cccc4-c4ccccn4)C3)c12. The second-order valence-corrected chi connectivity index (χ2v) is 8.92. The number of carbonyl (C=O) groups excluding carboxylic acids is 3. The van der Waals surface area contributed by atoms with Crippen molar-refractivity contribution in [3.8, 4) is 28.4 Å². The van der Waals surface area contributed by atoms with Crippen LogP contribution in [0.2, 0.25) is 0 Å². The van der Waals surface area contributed by atoms with E-state index in [1.165, 1.54) is 19.5 Å². The fourth-order valence-corrected chi connectivity index (χ4v) is 4.97. The number of aromatic nitrogens is 5. The minimum absolute atomic E-state index is 0.185. The van der Waals surface area contributed by atoms with Gasteiger partial charge in [-0.3, -0.25) is 24.5 Å². The number of Topliss-reactive ketones (excluding diaryl/α,β-unsaturated/α-hetero) is 1. The van der Waals surface area contributed by atoms with Crippen molar-refractivity contribution in [2.75, 3.05) is 13.7 Å². The zero-order valence-electron chi connectivity index (χ0n) is 20.4. The molecule has 10 nitrogen and oxygen atoms in total. The molecule has 38 heavy (non-hydrogen) atoms. The molecule has 0 saturated heterocycles. The van der Waals surface area contributed by atoms with Crippen LogP contribution in [0.25, 0.3) is 33.5 Å². The van der Waals surface area contributed by atoms with E-state index in [0.717, 1.165) is 22.4 Å². The maximum absolute atomic E-state index is 13.5. The molecular weight excluding hydrogens is 484 g/mol. The van der Waals surface area contributed by atoms with E-state index in [0.29, 0.717) is 59.5 Å². The lowest BCUT2D eigenvalue weighted by Gasteiger charge is -2.29. The summed E-state index contributed by atoms with van der Waals surface area (Å²) in [5.41, 5.74) is 5.85. The van der Waals surface area contributed by atoms with Crippen molar-refractivity contribution in [1.82, 2.24) is 30.0 Å². The number of methoxy groups -OCH3 is 1. The standard InChI is InChI=1S/C28H22N6O4/c1-38-23-13-31-25(22-11-17(15-35)32-33-22)26-24(23)20(12-30-26)27(36)28(37)34-10-8-18-16(14-34)5-4-6-19(18)21-7-2-3-9-29-21/h2-7,9,11-13,15,30H,8,10,14H2,1H3,(H,32,33). The zero-order valence-corrected chi connectivity index (χ0v) is 20.4. The quantitative estimate of drug-likeness (QED) is 0.204. The summed E-state index contributed by atoms with van der Waals surface area (Å²) in [6.45, 7) is 0.740. The minimum Gasteiger partial charge on any atom is -0.494 e. The number of benzene rings is 1. The second kappa shape index (κ2) is 9.40. The van der Waals surface area contributed by atoms with Crippen LogP contribution in [-0.4, -0.2) is 61.7 Å². The van der Waals surface area contributed by atoms with Crippen LogP contribution in [-0.2, 0) is 17.8 Å². The van der Waals surface area contributed by atoms with Crippen LogP contribution in [0, 0.1) is 0 Å². The van der Waals surface area contributed by atoms with Gasteiger partial charge < -0.3 is 14.6 Å². The maximum Gasteiger partial charge on any atom is 0.295 e. The molecule has 0 atom stereocenters. The number of ether oxygens (including phenoxy) is 1. The van der Waals surface area contributed by atoms with Gasteiger partial charge in [0.1, 0.15) is 17.1 Å². The van der Waals surface area contributed by atoms with E-state index in [4.69, 9.17) is 4.74 Å². The van der Waals surface area contributed by atoms with Crippen molar-refractivity contribution < 1.29 is 19.1 Å². The van der Waals surface area contributed by atoms with E-state index >= 15 is 0 Å². The highest BCUT2D eigenvalue weighted by molar-refractivity contribution is 6.45. The molecule has 0 unspecified atom stereocenters. The Labute approximate surface area is 216 Å².